The van der Waals surface area contributed by atoms with E-state index in [4.69, 9.17) is 19.3 Å². The zero-order valence-corrected chi connectivity index (χ0v) is 18.0. The minimum absolute atomic E-state index is 0.0887. The lowest BCUT2D eigenvalue weighted by atomic mass is 10.2. The highest BCUT2D eigenvalue weighted by atomic mass is 79.9. The lowest BCUT2D eigenvalue weighted by Gasteiger charge is -2.14. The number of rotatable bonds is 9. The largest absolute Gasteiger partial charge is 0.490 e. The van der Waals surface area contributed by atoms with E-state index in [9.17, 15) is 19.2 Å². The molecule has 29 heavy (non-hydrogen) atoms. The number of amides is 2. The van der Waals surface area contributed by atoms with Crippen LogP contribution in [0.5, 0.6) is 11.5 Å². The van der Waals surface area contributed by atoms with Gasteiger partial charge in [-0.25, -0.2) is 4.79 Å². The van der Waals surface area contributed by atoms with Gasteiger partial charge in [-0.05, 0) is 65.3 Å². The second-order valence-electron chi connectivity index (χ2n) is 5.52. The number of ether oxygens (including phenoxy) is 3. The molecule has 0 saturated carbocycles. The molecular weight excluding hydrogens is 470 g/mol. The fourth-order valence-corrected chi connectivity index (χ4v) is 3.74. The van der Waals surface area contributed by atoms with Crippen LogP contribution in [0.4, 0.5) is 4.79 Å². The summed E-state index contributed by atoms with van der Waals surface area (Å²) in [5.74, 6) is -1.88. The minimum atomic E-state index is -1.28. The predicted octanol–water partition coefficient (Wildman–Crippen LogP) is 2.91. The van der Waals surface area contributed by atoms with E-state index in [1.54, 1.807) is 26.0 Å². The maximum Gasteiger partial charge on any atom is 0.344 e. The molecule has 2 rings (SSSR count). The van der Waals surface area contributed by atoms with Crippen LogP contribution in [0.2, 0.25) is 0 Å². The number of hydrogen-bond acceptors (Lipinski definition) is 8. The number of hydrogen-bond donors (Lipinski definition) is 1. The topological polar surface area (TPSA) is 119 Å². The normalized spacial score (nSPS) is 15.0. The van der Waals surface area contributed by atoms with Crippen molar-refractivity contribution in [2.75, 3.05) is 26.4 Å². The Balaban J connectivity index is 2.29. The van der Waals surface area contributed by atoms with Gasteiger partial charge in [0.15, 0.2) is 18.1 Å². The summed E-state index contributed by atoms with van der Waals surface area (Å²) < 4.78 is 16.3. The molecule has 0 atom stereocenters. The third-order valence-corrected chi connectivity index (χ3v) is 4.93. The van der Waals surface area contributed by atoms with E-state index in [2.05, 4.69) is 15.9 Å². The van der Waals surface area contributed by atoms with Gasteiger partial charge in [-0.2, -0.15) is 0 Å². The fourth-order valence-electron chi connectivity index (χ4n) is 2.33. The van der Waals surface area contributed by atoms with Crippen LogP contribution in [0.25, 0.3) is 6.08 Å². The molecule has 0 aliphatic carbocycles. The Kier molecular flexibility index (Phi) is 8.09. The second kappa shape index (κ2) is 10.3. The van der Waals surface area contributed by atoms with Crippen molar-refractivity contribution < 1.29 is 38.5 Å². The Morgan fingerprint density at radius 3 is 2.55 bits per heavy atom. The van der Waals surface area contributed by atoms with Crippen molar-refractivity contribution in [3.63, 3.8) is 0 Å². The number of carboxylic acids is 1. The Bertz CT molecular complexity index is 870. The van der Waals surface area contributed by atoms with Gasteiger partial charge in [0.05, 0.1) is 22.6 Å². The van der Waals surface area contributed by atoms with E-state index in [0.29, 0.717) is 39.1 Å². The summed E-state index contributed by atoms with van der Waals surface area (Å²) in [6.07, 6.45) is 1.45. The van der Waals surface area contributed by atoms with E-state index in [1.807, 2.05) is 0 Å². The summed E-state index contributed by atoms with van der Waals surface area (Å²) in [5.41, 5.74) is 0.518. The molecule has 0 spiro atoms. The van der Waals surface area contributed by atoms with Crippen molar-refractivity contribution in [1.29, 1.82) is 0 Å². The SMILES string of the molecule is CCOC(=O)COc1c(Br)cc(/C=C2/SC(=O)N(CC(=O)O)C2=O)cc1OCC. The van der Waals surface area contributed by atoms with Gasteiger partial charge in [0.2, 0.25) is 0 Å². The highest BCUT2D eigenvalue weighted by Gasteiger charge is 2.36. The Morgan fingerprint density at radius 2 is 1.93 bits per heavy atom. The molecule has 0 aromatic heterocycles. The molecule has 1 fully saturated rings. The fraction of sp³-hybridized carbons (Fsp3) is 0.333. The summed E-state index contributed by atoms with van der Waals surface area (Å²) in [6, 6.07) is 3.20. The van der Waals surface area contributed by atoms with Gasteiger partial charge < -0.3 is 19.3 Å². The molecule has 1 heterocycles. The maximum absolute atomic E-state index is 12.3. The molecule has 1 saturated heterocycles. The first kappa shape index (κ1) is 22.8. The Hall–Kier alpha value is -2.53. The number of halogens is 1. The first-order valence-corrected chi connectivity index (χ1v) is 10.1. The average molecular weight is 488 g/mol. The Morgan fingerprint density at radius 1 is 1.21 bits per heavy atom. The summed E-state index contributed by atoms with van der Waals surface area (Å²) >= 11 is 4.00. The van der Waals surface area contributed by atoms with Crippen molar-refractivity contribution >= 4 is 56.9 Å². The van der Waals surface area contributed by atoms with Crippen molar-refractivity contribution in [3.8, 4) is 11.5 Å². The number of carboxylic acid groups (broad SMARTS) is 1. The van der Waals surface area contributed by atoms with Crippen molar-refractivity contribution in [2.45, 2.75) is 13.8 Å². The molecule has 1 aliphatic heterocycles. The average Bonchev–Trinajstić information content (AvgIpc) is 2.88. The number of nitrogens with zero attached hydrogens (tertiary/aromatic N) is 1. The van der Waals surface area contributed by atoms with Crippen LogP contribution >= 0.6 is 27.7 Å². The number of thioether (sulfide) groups is 1. The number of esters is 1. The second-order valence-corrected chi connectivity index (χ2v) is 7.37. The first-order chi connectivity index (χ1) is 13.8. The van der Waals surface area contributed by atoms with E-state index >= 15 is 0 Å². The monoisotopic (exact) mass is 487 g/mol. The van der Waals surface area contributed by atoms with Gasteiger partial charge in [0.1, 0.15) is 6.54 Å². The van der Waals surface area contributed by atoms with Crippen LogP contribution in [-0.4, -0.2) is 59.5 Å². The standard InChI is InChI=1S/C18H18BrNO8S/c1-3-26-12-6-10(5-11(19)16(12)28-9-15(23)27-4-2)7-13-17(24)20(8-14(21)22)18(25)29-13/h5-7H,3-4,8-9H2,1-2H3,(H,21,22)/b13-7+. The third kappa shape index (κ3) is 5.97. The van der Waals surface area contributed by atoms with Gasteiger partial charge in [-0.15, -0.1) is 0 Å². The maximum atomic E-state index is 12.3. The van der Waals surface area contributed by atoms with Crippen LogP contribution in [0.1, 0.15) is 19.4 Å². The molecule has 0 radical (unpaired) electrons. The lowest BCUT2D eigenvalue weighted by molar-refractivity contribution is -0.145. The number of carbonyl (C=O) groups excluding carboxylic acids is 3. The lowest BCUT2D eigenvalue weighted by Crippen LogP contribution is -2.33. The summed E-state index contributed by atoms with van der Waals surface area (Å²) in [5, 5.41) is 8.18. The molecule has 11 heteroatoms. The zero-order chi connectivity index (χ0) is 21.6. The van der Waals surface area contributed by atoms with Crippen LogP contribution in [0, 0.1) is 0 Å². The highest BCUT2D eigenvalue weighted by molar-refractivity contribution is 9.10. The molecule has 1 aromatic carbocycles. The van der Waals surface area contributed by atoms with Crippen LogP contribution in [0.15, 0.2) is 21.5 Å². The van der Waals surface area contributed by atoms with Crippen LogP contribution < -0.4 is 9.47 Å². The van der Waals surface area contributed by atoms with Gasteiger partial charge in [0, 0.05) is 0 Å². The third-order valence-electron chi connectivity index (χ3n) is 3.44. The Labute approximate surface area is 179 Å². The molecule has 0 bridgehead atoms. The number of carbonyl (C=O) groups is 4. The van der Waals surface area contributed by atoms with Crippen molar-refractivity contribution in [1.82, 2.24) is 4.90 Å². The summed E-state index contributed by atoms with van der Waals surface area (Å²) in [4.78, 5) is 47.3. The van der Waals surface area contributed by atoms with E-state index in [-0.39, 0.29) is 23.9 Å². The van der Waals surface area contributed by atoms with E-state index in [1.165, 1.54) is 6.08 Å². The zero-order valence-electron chi connectivity index (χ0n) is 15.6. The number of benzene rings is 1. The van der Waals surface area contributed by atoms with Gasteiger partial charge in [-0.1, -0.05) is 0 Å². The molecule has 2 amide bonds. The van der Waals surface area contributed by atoms with Gasteiger partial charge in [0.25, 0.3) is 11.1 Å². The molecular formula is C18H18BrNO8S. The van der Waals surface area contributed by atoms with Crippen molar-refractivity contribution in [3.05, 3.63) is 27.1 Å². The first-order valence-electron chi connectivity index (χ1n) is 8.48. The van der Waals surface area contributed by atoms with Crippen LogP contribution in [-0.2, 0) is 19.1 Å². The summed E-state index contributed by atoms with van der Waals surface area (Å²) in [6.45, 7) is 3.01. The number of aliphatic carboxylic acids is 1. The molecule has 1 N–H and O–H groups in total. The van der Waals surface area contributed by atoms with Crippen LogP contribution in [0.3, 0.4) is 0 Å². The summed E-state index contributed by atoms with van der Waals surface area (Å²) in [7, 11) is 0. The predicted molar refractivity (Wildman–Crippen MR) is 108 cm³/mol. The quantitative estimate of drug-likeness (QED) is 0.413. The molecule has 1 aromatic rings. The molecule has 1 aliphatic rings. The van der Waals surface area contributed by atoms with Gasteiger partial charge in [-0.3, -0.25) is 19.3 Å². The smallest absolute Gasteiger partial charge is 0.344 e. The molecule has 156 valence electrons. The highest BCUT2D eigenvalue weighted by Crippen LogP contribution is 2.39. The molecule has 9 nitrogen and oxygen atoms in total. The van der Waals surface area contributed by atoms with Gasteiger partial charge >= 0.3 is 11.9 Å². The van der Waals surface area contributed by atoms with E-state index in [0.717, 1.165) is 0 Å². The van der Waals surface area contributed by atoms with E-state index < -0.39 is 29.6 Å². The minimum Gasteiger partial charge on any atom is -0.490 e. The molecule has 0 unspecified atom stereocenters. The van der Waals surface area contributed by atoms with Crippen molar-refractivity contribution in [2.24, 2.45) is 0 Å². The number of imide groups is 1.